The Balaban J connectivity index is 2.35. The molecule has 0 aliphatic heterocycles. The maximum Gasteiger partial charge on any atom is 0.161 e. The fraction of sp³-hybridized carbons (Fsp3) is 0.231. The number of ether oxygens (including phenoxy) is 1. The fourth-order valence-electron chi connectivity index (χ4n) is 1.47. The molecule has 0 unspecified atom stereocenters. The van der Waals surface area contributed by atoms with Crippen LogP contribution in [0.4, 0.5) is 0 Å². The van der Waals surface area contributed by atoms with Gasteiger partial charge in [0.15, 0.2) is 5.82 Å². The second-order valence-electron chi connectivity index (χ2n) is 4.03. The Morgan fingerprint density at radius 3 is 2.78 bits per heavy atom. The molecule has 0 aliphatic carbocycles. The van der Waals surface area contributed by atoms with Crippen molar-refractivity contribution in [1.29, 1.82) is 0 Å². The van der Waals surface area contributed by atoms with E-state index in [1.807, 2.05) is 38.1 Å². The minimum atomic E-state index is 0.140. The van der Waals surface area contributed by atoms with Crippen molar-refractivity contribution >= 4 is 34.2 Å². The number of rotatable bonds is 3. The normalized spacial score (nSPS) is 10.7. The molecule has 0 amide bonds. The van der Waals surface area contributed by atoms with Gasteiger partial charge in [-0.25, -0.2) is 9.97 Å². The molecule has 0 bridgehead atoms. The van der Waals surface area contributed by atoms with E-state index in [1.54, 1.807) is 6.20 Å². The maximum atomic E-state index is 6.00. The van der Waals surface area contributed by atoms with Gasteiger partial charge < -0.3 is 4.74 Å². The second-order valence-corrected chi connectivity index (χ2v) is 5.55. The van der Waals surface area contributed by atoms with Gasteiger partial charge in [0, 0.05) is 11.8 Å². The highest BCUT2D eigenvalue weighted by molar-refractivity contribution is 14.1. The second kappa shape index (κ2) is 5.84. The van der Waals surface area contributed by atoms with Crippen molar-refractivity contribution in [2.45, 2.75) is 20.0 Å². The van der Waals surface area contributed by atoms with Crippen LogP contribution < -0.4 is 4.74 Å². The highest BCUT2D eigenvalue weighted by Crippen LogP contribution is 2.24. The van der Waals surface area contributed by atoms with Gasteiger partial charge in [-0.2, -0.15) is 0 Å². The van der Waals surface area contributed by atoms with Crippen molar-refractivity contribution in [3.63, 3.8) is 0 Å². The average molecular weight is 375 g/mol. The van der Waals surface area contributed by atoms with E-state index >= 15 is 0 Å². The zero-order chi connectivity index (χ0) is 13.1. The predicted molar refractivity (Wildman–Crippen MR) is 81.0 cm³/mol. The van der Waals surface area contributed by atoms with Crippen molar-refractivity contribution in [2.24, 2.45) is 0 Å². The number of benzene rings is 1. The van der Waals surface area contributed by atoms with Crippen molar-refractivity contribution in [2.75, 3.05) is 0 Å². The molecular formula is C13H12ClIN2O. The average Bonchev–Trinajstić information content (AvgIpc) is 2.32. The van der Waals surface area contributed by atoms with Crippen LogP contribution in [-0.4, -0.2) is 16.1 Å². The van der Waals surface area contributed by atoms with Gasteiger partial charge in [0.2, 0.25) is 0 Å². The molecule has 3 nitrogen and oxygen atoms in total. The predicted octanol–water partition coefficient (Wildman–Crippen LogP) is 4.19. The third-order valence-electron chi connectivity index (χ3n) is 2.17. The van der Waals surface area contributed by atoms with Crippen LogP contribution in [0.1, 0.15) is 13.8 Å². The summed E-state index contributed by atoms with van der Waals surface area (Å²) in [5.74, 6) is 1.41. The molecule has 2 aromatic rings. The minimum Gasteiger partial charge on any atom is -0.491 e. The molecule has 18 heavy (non-hydrogen) atoms. The van der Waals surface area contributed by atoms with E-state index in [2.05, 4.69) is 32.6 Å². The Kier molecular flexibility index (Phi) is 4.40. The zero-order valence-corrected chi connectivity index (χ0v) is 12.9. The van der Waals surface area contributed by atoms with Gasteiger partial charge in [0.1, 0.15) is 10.9 Å². The van der Waals surface area contributed by atoms with Crippen LogP contribution >= 0.6 is 34.2 Å². The van der Waals surface area contributed by atoms with E-state index in [0.717, 1.165) is 14.9 Å². The van der Waals surface area contributed by atoms with E-state index in [-0.39, 0.29) is 6.10 Å². The van der Waals surface area contributed by atoms with E-state index in [4.69, 9.17) is 16.3 Å². The number of halogens is 2. The molecule has 1 aromatic heterocycles. The molecule has 1 heterocycles. The first-order valence-corrected chi connectivity index (χ1v) is 6.97. The molecule has 0 saturated heterocycles. The van der Waals surface area contributed by atoms with E-state index in [0.29, 0.717) is 11.0 Å². The summed E-state index contributed by atoms with van der Waals surface area (Å²) in [6.45, 7) is 3.98. The molecular weight excluding hydrogens is 363 g/mol. The first-order chi connectivity index (χ1) is 8.56. The quantitative estimate of drug-likeness (QED) is 0.597. The molecule has 0 spiro atoms. The molecule has 0 saturated carbocycles. The Morgan fingerprint density at radius 2 is 2.11 bits per heavy atom. The summed E-state index contributed by atoms with van der Waals surface area (Å²) in [6.07, 6.45) is 1.85. The van der Waals surface area contributed by atoms with Crippen molar-refractivity contribution in [3.05, 3.63) is 39.2 Å². The van der Waals surface area contributed by atoms with Gasteiger partial charge in [-0.1, -0.05) is 23.7 Å². The molecule has 0 fully saturated rings. The summed E-state index contributed by atoms with van der Waals surface area (Å²) < 4.78 is 6.48. The van der Waals surface area contributed by atoms with E-state index in [9.17, 15) is 0 Å². The van der Waals surface area contributed by atoms with Crippen LogP contribution in [0.25, 0.3) is 11.4 Å². The number of nitrogens with zero attached hydrogens (tertiary/aromatic N) is 2. The van der Waals surface area contributed by atoms with Crippen LogP contribution in [0.2, 0.25) is 5.15 Å². The largest absolute Gasteiger partial charge is 0.491 e. The van der Waals surface area contributed by atoms with Gasteiger partial charge in [0.25, 0.3) is 0 Å². The van der Waals surface area contributed by atoms with Crippen LogP contribution in [0, 0.1) is 3.57 Å². The molecule has 2 rings (SSSR count). The third-order valence-corrected chi connectivity index (χ3v) is 3.56. The minimum absolute atomic E-state index is 0.140. The highest BCUT2D eigenvalue weighted by atomic mass is 127. The first kappa shape index (κ1) is 13.5. The summed E-state index contributed by atoms with van der Waals surface area (Å²) in [7, 11) is 0. The van der Waals surface area contributed by atoms with Crippen molar-refractivity contribution in [1.82, 2.24) is 9.97 Å². The zero-order valence-electron chi connectivity index (χ0n) is 10.0. The first-order valence-electron chi connectivity index (χ1n) is 5.51. The summed E-state index contributed by atoms with van der Waals surface area (Å²) in [4.78, 5) is 8.53. The summed E-state index contributed by atoms with van der Waals surface area (Å²) >= 11 is 8.10. The van der Waals surface area contributed by atoms with Crippen LogP contribution in [0.15, 0.2) is 30.5 Å². The van der Waals surface area contributed by atoms with Gasteiger partial charge in [0.05, 0.1) is 9.67 Å². The fourth-order valence-corrected chi connectivity index (χ4v) is 1.85. The maximum absolute atomic E-state index is 6.00. The van der Waals surface area contributed by atoms with Crippen LogP contribution in [0.5, 0.6) is 5.75 Å². The standard InChI is InChI=1S/C13H12ClIN2O/c1-8(2)18-10-5-3-4-9(6-10)13-16-7-11(15)12(14)17-13/h3-8H,1-2H3. The Bertz CT molecular complexity index is 560. The molecule has 1 aromatic carbocycles. The molecule has 0 aliphatic rings. The highest BCUT2D eigenvalue weighted by Gasteiger charge is 2.06. The lowest BCUT2D eigenvalue weighted by Crippen LogP contribution is -2.05. The van der Waals surface area contributed by atoms with Gasteiger partial charge in [-0.3, -0.25) is 0 Å². The monoisotopic (exact) mass is 374 g/mol. The van der Waals surface area contributed by atoms with Crippen molar-refractivity contribution < 1.29 is 4.74 Å². The van der Waals surface area contributed by atoms with Gasteiger partial charge in [-0.05, 0) is 48.6 Å². The number of hydrogen-bond donors (Lipinski definition) is 0. The third kappa shape index (κ3) is 3.32. The number of hydrogen-bond acceptors (Lipinski definition) is 3. The molecule has 0 N–H and O–H groups in total. The lowest BCUT2D eigenvalue weighted by Gasteiger charge is -2.10. The Labute approximate surface area is 125 Å². The number of aromatic nitrogens is 2. The molecule has 0 radical (unpaired) electrons. The summed E-state index contributed by atoms with van der Waals surface area (Å²) in [6, 6.07) is 7.68. The molecule has 5 heteroatoms. The molecule has 0 atom stereocenters. The van der Waals surface area contributed by atoms with Crippen molar-refractivity contribution in [3.8, 4) is 17.1 Å². The smallest absolute Gasteiger partial charge is 0.161 e. The molecule has 94 valence electrons. The summed E-state index contributed by atoms with van der Waals surface area (Å²) in [5, 5.41) is 0.468. The van der Waals surface area contributed by atoms with Crippen LogP contribution in [0.3, 0.4) is 0 Å². The Morgan fingerprint density at radius 1 is 1.33 bits per heavy atom. The van der Waals surface area contributed by atoms with Gasteiger partial charge >= 0.3 is 0 Å². The van der Waals surface area contributed by atoms with Crippen LogP contribution in [-0.2, 0) is 0 Å². The SMILES string of the molecule is CC(C)Oc1cccc(-c2ncc(I)c(Cl)n2)c1. The topological polar surface area (TPSA) is 35.0 Å². The van der Waals surface area contributed by atoms with Gasteiger partial charge in [-0.15, -0.1) is 0 Å². The Hall–Kier alpha value is -0.880. The van der Waals surface area contributed by atoms with E-state index in [1.165, 1.54) is 0 Å². The van der Waals surface area contributed by atoms with E-state index < -0.39 is 0 Å². The lowest BCUT2D eigenvalue weighted by atomic mass is 10.2. The lowest BCUT2D eigenvalue weighted by molar-refractivity contribution is 0.242. The summed E-state index contributed by atoms with van der Waals surface area (Å²) in [5.41, 5.74) is 0.895.